The van der Waals surface area contributed by atoms with Gasteiger partial charge in [-0.05, 0) is 18.7 Å². The Hall–Kier alpha value is -1.21. The molecule has 1 unspecified atom stereocenters. The highest BCUT2D eigenvalue weighted by Gasteiger charge is 2.27. The highest BCUT2D eigenvalue weighted by atomic mass is 32.2. The molecule has 0 amide bonds. The fourth-order valence-electron chi connectivity index (χ4n) is 2.09. The van der Waals surface area contributed by atoms with E-state index in [1.807, 2.05) is 37.4 Å². The zero-order valence-corrected chi connectivity index (χ0v) is 12.3. The van der Waals surface area contributed by atoms with Crippen LogP contribution >= 0.6 is 0 Å². The van der Waals surface area contributed by atoms with Gasteiger partial charge >= 0.3 is 0 Å². The molecule has 1 aliphatic rings. The largest absolute Gasteiger partial charge is 0.374 e. The number of morpholine rings is 1. The van der Waals surface area contributed by atoms with Crippen molar-refractivity contribution in [3.8, 4) is 0 Å². The first kappa shape index (κ1) is 15.2. The van der Waals surface area contributed by atoms with E-state index in [1.54, 1.807) is 6.08 Å². The molecule has 2 rings (SSSR count). The van der Waals surface area contributed by atoms with Crippen LogP contribution in [0.4, 0.5) is 0 Å². The van der Waals surface area contributed by atoms with Gasteiger partial charge in [0.15, 0.2) is 0 Å². The van der Waals surface area contributed by atoms with E-state index in [0.29, 0.717) is 26.2 Å². The van der Waals surface area contributed by atoms with Crippen molar-refractivity contribution >= 4 is 16.1 Å². The maximum atomic E-state index is 12.3. The van der Waals surface area contributed by atoms with Gasteiger partial charge in [0.25, 0.3) is 0 Å². The Morgan fingerprint density at radius 2 is 2.15 bits per heavy atom. The summed E-state index contributed by atoms with van der Waals surface area (Å²) in [5.41, 5.74) is 0.871. The smallest absolute Gasteiger partial charge is 0.236 e. The lowest BCUT2D eigenvalue weighted by Gasteiger charge is -2.31. The Morgan fingerprint density at radius 3 is 2.85 bits per heavy atom. The first-order chi connectivity index (χ1) is 9.62. The van der Waals surface area contributed by atoms with Crippen molar-refractivity contribution in [2.45, 2.75) is 6.10 Å². The van der Waals surface area contributed by atoms with Gasteiger partial charge in [0.05, 0.1) is 12.7 Å². The number of nitrogens with one attached hydrogen (secondary N) is 1. The van der Waals surface area contributed by atoms with Crippen molar-refractivity contribution in [2.24, 2.45) is 0 Å². The Bertz CT molecular complexity index is 541. The van der Waals surface area contributed by atoms with Gasteiger partial charge in [0.1, 0.15) is 0 Å². The number of benzene rings is 1. The van der Waals surface area contributed by atoms with Gasteiger partial charge in [-0.2, -0.15) is 4.31 Å². The molecule has 5 nitrogen and oxygen atoms in total. The predicted octanol–water partition coefficient (Wildman–Crippen LogP) is 0.907. The van der Waals surface area contributed by atoms with Crippen molar-refractivity contribution in [1.29, 1.82) is 0 Å². The zero-order valence-electron chi connectivity index (χ0n) is 11.5. The summed E-state index contributed by atoms with van der Waals surface area (Å²) < 4.78 is 31.5. The van der Waals surface area contributed by atoms with Gasteiger partial charge in [-0.15, -0.1) is 0 Å². The summed E-state index contributed by atoms with van der Waals surface area (Å²) in [7, 11) is -1.56. The Morgan fingerprint density at radius 1 is 1.40 bits per heavy atom. The van der Waals surface area contributed by atoms with Crippen LogP contribution in [0.15, 0.2) is 35.7 Å². The zero-order chi connectivity index (χ0) is 14.4. The quantitative estimate of drug-likeness (QED) is 0.877. The standard InChI is InChI=1S/C14H20N2O3S/c1-15-11-14-12-16(8-9-19-14)20(17,18)10-7-13-5-3-2-4-6-13/h2-7,10,14-15H,8-9,11-12H2,1H3/b10-7+. The van der Waals surface area contributed by atoms with E-state index < -0.39 is 10.0 Å². The molecule has 20 heavy (non-hydrogen) atoms. The predicted molar refractivity (Wildman–Crippen MR) is 79.6 cm³/mol. The molecular formula is C14H20N2O3S. The molecule has 1 N–H and O–H groups in total. The number of rotatable bonds is 5. The Kier molecular flexibility index (Phi) is 5.31. The summed E-state index contributed by atoms with van der Waals surface area (Å²) in [5.74, 6) is 0. The first-order valence-electron chi connectivity index (χ1n) is 6.61. The van der Waals surface area contributed by atoms with Crippen molar-refractivity contribution in [3.63, 3.8) is 0 Å². The van der Waals surface area contributed by atoms with Crippen molar-refractivity contribution in [3.05, 3.63) is 41.3 Å². The third-order valence-corrected chi connectivity index (χ3v) is 4.66. The molecule has 0 spiro atoms. The van der Waals surface area contributed by atoms with Gasteiger partial charge in [-0.3, -0.25) is 0 Å². The van der Waals surface area contributed by atoms with E-state index in [9.17, 15) is 8.42 Å². The molecule has 0 saturated carbocycles. The van der Waals surface area contributed by atoms with Crippen LogP contribution in [0, 0.1) is 0 Å². The molecule has 1 aromatic rings. The van der Waals surface area contributed by atoms with Crippen LogP contribution in [-0.2, 0) is 14.8 Å². The van der Waals surface area contributed by atoms with Crippen LogP contribution in [0.5, 0.6) is 0 Å². The number of ether oxygens (including phenoxy) is 1. The number of nitrogens with zero attached hydrogens (tertiary/aromatic N) is 1. The van der Waals surface area contributed by atoms with Crippen LogP contribution < -0.4 is 5.32 Å². The molecule has 0 aliphatic carbocycles. The van der Waals surface area contributed by atoms with Crippen LogP contribution in [0.2, 0.25) is 0 Å². The Labute approximate surface area is 120 Å². The minimum absolute atomic E-state index is 0.0892. The molecule has 1 atom stereocenters. The van der Waals surface area contributed by atoms with Crippen LogP contribution in [0.1, 0.15) is 5.56 Å². The fraction of sp³-hybridized carbons (Fsp3) is 0.429. The molecule has 1 aliphatic heterocycles. The molecule has 0 aromatic heterocycles. The topological polar surface area (TPSA) is 58.6 Å². The average Bonchev–Trinajstić information content (AvgIpc) is 2.47. The van der Waals surface area contributed by atoms with E-state index in [0.717, 1.165) is 5.56 Å². The highest BCUT2D eigenvalue weighted by Crippen LogP contribution is 2.13. The van der Waals surface area contributed by atoms with E-state index in [-0.39, 0.29) is 6.10 Å². The molecule has 0 bridgehead atoms. The minimum atomic E-state index is -3.39. The van der Waals surface area contributed by atoms with E-state index in [1.165, 1.54) is 9.71 Å². The number of sulfonamides is 1. The van der Waals surface area contributed by atoms with E-state index in [2.05, 4.69) is 5.32 Å². The molecule has 1 aromatic carbocycles. The SMILES string of the molecule is CNCC1CN(S(=O)(=O)/C=C/c2ccccc2)CCO1. The summed E-state index contributed by atoms with van der Waals surface area (Å²) in [6.45, 7) is 1.88. The molecular weight excluding hydrogens is 276 g/mol. The van der Waals surface area contributed by atoms with Gasteiger partial charge in [-0.1, -0.05) is 30.3 Å². The number of hydrogen-bond donors (Lipinski definition) is 1. The summed E-state index contributed by atoms with van der Waals surface area (Å²) in [6, 6.07) is 9.40. The third-order valence-electron chi connectivity index (χ3n) is 3.13. The maximum Gasteiger partial charge on any atom is 0.236 e. The van der Waals surface area contributed by atoms with Gasteiger partial charge in [0, 0.05) is 25.0 Å². The number of likely N-dealkylation sites (N-methyl/N-ethyl adjacent to an activating group) is 1. The molecule has 110 valence electrons. The number of hydrogen-bond acceptors (Lipinski definition) is 4. The van der Waals surface area contributed by atoms with Gasteiger partial charge < -0.3 is 10.1 Å². The lowest BCUT2D eigenvalue weighted by Crippen LogP contribution is -2.47. The fourth-order valence-corrected chi connectivity index (χ4v) is 3.29. The van der Waals surface area contributed by atoms with Crippen LogP contribution in [-0.4, -0.2) is 52.1 Å². The summed E-state index contributed by atoms with van der Waals surface area (Å²) in [5, 5.41) is 4.27. The second-order valence-electron chi connectivity index (χ2n) is 4.67. The van der Waals surface area contributed by atoms with Crippen molar-refractivity contribution < 1.29 is 13.2 Å². The van der Waals surface area contributed by atoms with Gasteiger partial charge in [0.2, 0.25) is 10.0 Å². The van der Waals surface area contributed by atoms with E-state index >= 15 is 0 Å². The molecule has 1 fully saturated rings. The van der Waals surface area contributed by atoms with Crippen LogP contribution in [0.25, 0.3) is 6.08 Å². The van der Waals surface area contributed by atoms with Crippen molar-refractivity contribution in [2.75, 3.05) is 33.3 Å². The Balaban J connectivity index is 2.04. The second-order valence-corrected chi connectivity index (χ2v) is 6.49. The third kappa shape index (κ3) is 4.14. The summed E-state index contributed by atoms with van der Waals surface area (Å²) in [4.78, 5) is 0. The monoisotopic (exact) mass is 296 g/mol. The summed E-state index contributed by atoms with van der Waals surface area (Å²) in [6.07, 6.45) is 1.53. The van der Waals surface area contributed by atoms with Gasteiger partial charge in [-0.25, -0.2) is 8.42 Å². The first-order valence-corrected chi connectivity index (χ1v) is 8.11. The average molecular weight is 296 g/mol. The molecule has 0 radical (unpaired) electrons. The maximum absolute atomic E-state index is 12.3. The lowest BCUT2D eigenvalue weighted by molar-refractivity contribution is 0.00120. The summed E-state index contributed by atoms with van der Waals surface area (Å²) >= 11 is 0. The second kappa shape index (κ2) is 6.99. The van der Waals surface area contributed by atoms with Crippen LogP contribution in [0.3, 0.4) is 0 Å². The lowest BCUT2D eigenvalue weighted by atomic mass is 10.2. The van der Waals surface area contributed by atoms with Crippen molar-refractivity contribution in [1.82, 2.24) is 9.62 Å². The molecule has 1 saturated heterocycles. The minimum Gasteiger partial charge on any atom is -0.374 e. The molecule has 1 heterocycles. The van der Waals surface area contributed by atoms with E-state index in [4.69, 9.17) is 4.74 Å². The highest BCUT2D eigenvalue weighted by molar-refractivity contribution is 7.92. The normalized spacial score (nSPS) is 21.4. The molecule has 6 heteroatoms.